The van der Waals surface area contributed by atoms with Gasteiger partial charge in [0.25, 0.3) is 0 Å². The molecule has 0 spiro atoms. The zero-order chi connectivity index (χ0) is 47.0. The number of allylic oxidation sites excluding steroid dienone is 22. The molecule has 5 nitrogen and oxygen atoms in total. The number of rotatable bonds is 46. The predicted molar refractivity (Wildman–Crippen MR) is 283 cm³/mol. The first-order valence-corrected chi connectivity index (χ1v) is 26.2. The molecule has 1 N–H and O–H groups in total. The molecule has 0 amide bonds. The van der Waals surface area contributed by atoms with E-state index in [-0.39, 0.29) is 25.2 Å². The molecule has 0 aliphatic rings. The molecule has 0 heterocycles. The fraction of sp³-hybridized carbons (Fsp3) is 0.600. The van der Waals surface area contributed by atoms with E-state index >= 15 is 0 Å². The highest BCUT2D eigenvalue weighted by Gasteiger charge is 2.16. The lowest BCUT2D eigenvalue weighted by atomic mass is 10.1. The van der Waals surface area contributed by atoms with Crippen molar-refractivity contribution >= 4 is 11.9 Å². The van der Waals surface area contributed by atoms with Crippen molar-refractivity contribution in [1.82, 2.24) is 0 Å². The first-order chi connectivity index (χ1) is 32.1. The third-order valence-corrected chi connectivity index (χ3v) is 10.7. The Hall–Kier alpha value is -3.96. The maximum Gasteiger partial charge on any atom is 0.306 e. The molecule has 0 aromatic heterocycles. The van der Waals surface area contributed by atoms with E-state index in [0.717, 1.165) is 128 Å². The minimum Gasteiger partial charge on any atom is -0.462 e. The SMILES string of the molecule is CC/C=C\C/C=C\C/C=C\C/C=C\C/C=C\C/C=C\C/C=C\C/C=C\C/C=C\CCCCCCCC(=O)OC(CO)COC(=O)CCCCCCCCC/C=C\C/C=C\CCCCCC. The summed E-state index contributed by atoms with van der Waals surface area (Å²) in [5.74, 6) is -0.631. The third-order valence-electron chi connectivity index (χ3n) is 10.7. The Bertz CT molecular complexity index is 1380. The van der Waals surface area contributed by atoms with Gasteiger partial charge in [-0.05, 0) is 116 Å². The van der Waals surface area contributed by atoms with Gasteiger partial charge >= 0.3 is 11.9 Å². The Balaban J connectivity index is 3.66. The lowest BCUT2D eigenvalue weighted by molar-refractivity contribution is -0.161. The molecule has 0 bridgehead atoms. The van der Waals surface area contributed by atoms with Crippen molar-refractivity contribution in [3.05, 3.63) is 134 Å². The van der Waals surface area contributed by atoms with Crippen molar-refractivity contribution in [1.29, 1.82) is 0 Å². The number of hydrogen-bond acceptors (Lipinski definition) is 5. The predicted octanol–water partition coefficient (Wildman–Crippen LogP) is 17.7. The molecule has 0 saturated heterocycles. The Kier molecular flexibility index (Phi) is 51.1. The highest BCUT2D eigenvalue weighted by Crippen LogP contribution is 2.12. The van der Waals surface area contributed by atoms with Gasteiger partial charge in [0.15, 0.2) is 6.10 Å². The first-order valence-electron chi connectivity index (χ1n) is 26.2. The van der Waals surface area contributed by atoms with Gasteiger partial charge in [0.05, 0.1) is 6.61 Å². The molecular formula is C60H96O5. The highest BCUT2D eigenvalue weighted by atomic mass is 16.6. The van der Waals surface area contributed by atoms with E-state index in [0.29, 0.717) is 12.8 Å². The van der Waals surface area contributed by atoms with Crippen molar-refractivity contribution in [3.63, 3.8) is 0 Å². The van der Waals surface area contributed by atoms with Gasteiger partial charge in [0, 0.05) is 12.8 Å². The van der Waals surface area contributed by atoms with Gasteiger partial charge in [-0.15, -0.1) is 0 Å². The van der Waals surface area contributed by atoms with Crippen LogP contribution in [0, 0.1) is 0 Å². The summed E-state index contributed by atoms with van der Waals surface area (Å²) >= 11 is 0. The van der Waals surface area contributed by atoms with E-state index in [9.17, 15) is 14.7 Å². The number of hydrogen-bond donors (Lipinski definition) is 1. The molecule has 0 aliphatic heterocycles. The lowest BCUT2D eigenvalue weighted by Gasteiger charge is -2.15. The Labute approximate surface area is 400 Å². The van der Waals surface area contributed by atoms with Crippen LogP contribution in [0.5, 0.6) is 0 Å². The minimum atomic E-state index is -0.796. The molecule has 0 fully saturated rings. The Morgan fingerprint density at radius 3 is 1.00 bits per heavy atom. The van der Waals surface area contributed by atoms with Gasteiger partial charge in [0.2, 0.25) is 0 Å². The van der Waals surface area contributed by atoms with Crippen molar-refractivity contribution in [3.8, 4) is 0 Å². The molecule has 0 aromatic carbocycles. The van der Waals surface area contributed by atoms with Gasteiger partial charge in [-0.25, -0.2) is 0 Å². The number of carbonyl (C=O) groups is 2. The summed E-state index contributed by atoms with van der Waals surface area (Å²) < 4.78 is 10.7. The quantitative estimate of drug-likeness (QED) is 0.0374. The summed E-state index contributed by atoms with van der Waals surface area (Å²) in [4.78, 5) is 24.4. The van der Waals surface area contributed by atoms with Crippen LogP contribution in [0.3, 0.4) is 0 Å². The molecule has 5 heteroatoms. The van der Waals surface area contributed by atoms with Crippen LogP contribution in [0.25, 0.3) is 0 Å². The fourth-order valence-electron chi connectivity index (χ4n) is 6.75. The number of aliphatic hydroxyl groups is 1. The average Bonchev–Trinajstić information content (AvgIpc) is 3.31. The van der Waals surface area contributed by atoms with Crippen molar-refractivity contribution in [2.45, 2.75) is 219 Å². The first kappa shape index (κ1) is 61.0. The van der Waals surface area contributed by atoms with Crippen LogP contribution >= 0.6 is 0 Å². The van der Waals surface area contributed by atoms with Crippen molar-refractivity contribution < 1.29 is 24.2 Å². The third kappa shape index (κ3) is 52.5. The maximum atomic E-state index is 12.3. The molecule has 0 radical (unpaired) electrons. The van der Waals surface area contributed by atoms with Crippen LogP contribution in [0.1, 0.15) is 213 Å². The van der Waals surface area contributed by atoms with E-state index in [2.05, 4.69) is 148 Å². The van der Waals surface area contributed by atoms with E-state index < -0.39 is 6.10 Å². The van der Waals surface area contributed by atoms with Gasteiger partial charge in [0.1, 0.15) is 6.61 Å². The summed E-state index contributed by atoms with van der Waals surface area (Å²) in [7, 11) is 0. The van der Waals surface area contributed by atoms with Crippen LogP contribution in [0.15, 0.2) is 134 Å². The molecule has 0 rings (SSSR count). The second kappa shape index (κ2) is 54.4. The molecule has 366 valence electrons. The Morgan fingerprint density at radius 2 is 0.662 bits per heavy atom. The van der Waals surface area contributed by atoms with Gasteiger partial charge in [-0.3, -0.25) is 9.59 Å². The fourth-order valence-corrected chi connectivity index (χ4v) is 6.75. The molecular weight excluding hydrogens is 801 g/mol. The smallest absolute Gasteiger partial charge is 0.306 e. The summed E-state index contributed by atoms with van der Waals surface area (Å²) in [6.07, 6.45) is 81.1. The van der Waals surface area contributed by atoms with E-state index in [1.807, 2.05) is 0 Å². The number of carbonyl (C=O) groups excluding carboxylic acids is 2. The lowest BCUT2D eigenvalue weighted by Crippen LogP contribution is -2.28. The second-order valence-corrected chi connectivity index (χ2v) is 16.9. The van der Waals surface area contributed by atoms with Gasteiger partial charge in [-0.1, -0.05) is 218 Å². The van der Waals surface area contributed by atoms with Crippen LogP contribution in [0.2, 0.25) is 0 Å². The number of aliphatic hydroxyl groups excluding tert-OH is 1. The van der Waals surface area contributed by atoms with Crippen LogP contribution < -0.4 is 0 Å². The minimum absolute atomic E-state index is 0.0864. The summed E-state index contributed by atoms with van der Waals surface area (Å²) in [5.41, 5.74) is 0. The number of unbranched alkanes of at least 4 members (excludes halogenated alkanes) is 16. The summed E-state index contributed by atoms with van der Waals surface area (Å²) in [6, 6.07) is 0. The standard InChI is InChI=1S/C60H96O5/c1-3-5-7-9-11-13-15-17-19-21-23-24-25-26-27-28-29-30-31-32-33-34-35-36-37-39-41-43-45-47-49-51-53-55-60(63)65-58(56-61)57-64-59(62)54-52-50-48-46-44-42-40-38-22-20-18-16-14-12-10-8-6-4-2/h5,7,11,13-14,16-17,19-20,22-24,26-27,29-30,32-33,35-36,39,41,58,61H,3-4,6,8-10,12,15,18,21,25,28,31,34,37-38,40,42-57H2,1-2H3/b7-5-,13-11-,16-14-,19-17-,22-20-,24-23-,27-26-,30-29-,33-32-,36-35-,41-39-. The number of ether oxygens (including phenoxy) is 2. The molecule has 0 saturated carbocycles. The molecule has 0 aromatic rings. The van der Waals surface area contributed by atoms with E-state index in [1.165, 1.54) is 57.8 Å². The topological polar surface area (TPSA) is 72.8 Å². The maximum absolute atomic E-state index is 12.3. The van der Waals surface area contributed by atoms with Crippen LogP contribution in [-0.4, -0.2) is 36.4 Å². The van der Waals surface area contributed by atoms with Crippen molar-refractivity contribution in [2.75, 3.05) is 13.2 Å². The van der Waals surface area contributed by atoms with E-state index in [4.69, 9.17) is 9.47 Å². The normalized spacial score (nSPS) is 13.3. The van der Waals surface area contributed by atoms with E-state index in [1.54, 1.807) is 0 Å². The monoisotopic (exact) mass is 897 g/mol. The largest absolute Gasteiger partial charge is 0.462 e. The average molecular weight is 897 g/mol. The Morgan fingerprint density at radius 1 is 0.369 bits per heavy atom. The van der Waals surface area contributed by atoms with Crippen molar-refractivity contribution in [2.24, 2.45) is 0 Å². The van der Waals surface area contributed by atoms with Gasteiger partial charge in [-0.2, -0.15) is 0 Å². The van der Waals surface area contributed by atoms with Gasteiger partial charge < -0.3 is 14.6 Å². The zero-order valence-corrected chi connectivity index (χ0v) is 41.7. The zero-order valence-electron chi connectivity index (χ0n) is 41.7. The number of esters is 2. The second-order valence-electron chi connectivity index (χ2n) is 16.9. The molecule has 65 heavy (non-hydrogen) atoms. The van der Waals surface area contributed by atoms with Crippen LogP contribution in [0.4, 0.5) is 0 Å². The molecule has 1 atom stereocenters. The van der Waals surface area contributed by atoms with Crippen LogP contribution in [-0.2, 0) is 19.1 Å². The summed E-state index contributed by atoms with van der Waals surface area (Å²) in [6.45, 7) is 3.98. The highest BCUT2D eigenvalue weighted by molar-refractivity contribution is 5.70. The molecule has 1 unspecified atom stereocenters. The summed E-state index contributed by atoms with van der Waals surface area (Å²) in [5, 5.41) is 9.63. The molecule has 0 aliphatic carbocycles.